The predicted octanol–water partition coefficient (Wildman–Crippen LogP) is 3.56. The quantitative estimate of drug-likeness (QED) is 0.918. The third kappa shape index (κ3) is 2.91. The van der Waals surface area contributed by atoms with Gasteiger partial charge in [0.2, 0.25) is 0 Å². The molecule has 0 radical (unpaired) electrons. The van der Waals surface area contributed by atoms with E-state index in [0.29, 0.717) is 16.8 Å². The van der Waals surface area contributed by atoms with Gasteiger partial charge in [-0.05, 0) is 63.1 Å². The van der Waals surface area contributed by atoms with Gasteiger partial charge in [-0.3, -0.25) is 0 Å². The van der Waals surface area contributed by atoms with Gasteiger partial charge >= 0.3 is 0 Å². The molecule has 1 aliphatic rings. The number of nitrogen functional groups attached to an aromatic ring is 1. The second kappa shape index (κ2) is 5.91. The van der Waals surface area contributed by atoms with Crippen LogP contribution < -0.4 is 5.73 Å². The van der Waals surface area contributed by atoms with Crippen molar-refractivity contribution in [3.8, 4) is 10.4 Å². The number of nitrogens with two attached hydrogens (primary N) is 1. The van der Waals surface area contributed by atoms with E-state index in [2.05, 4.69) is 23.9 Å². The van der Waals surface area contributed by atoms with E-state index in [1.807, 2.05) is 6.07 Å². The molecule has 3 rings (SSSR count). The Bertz CT molecular complexity index is 647. The van der Waals surface area contributed by atoms with Crippen LogP contribution in [-0.2, 0) is 0 Å². The number of rotatable bonds is 2. The Morgan fingerprint density at radius 2 is 2.10 bits per heavy atom. The number of pyridine rings is 1. The maximum absolute atomic E-state index is 6.27. The molecule has 0 saturated carbocycles. The zero-order valence-corrected chi connectivity index (χ0v) is 13.8. The molecule has 1 saturated heterocycles. The van der Waals surface area contributed by atoms with E-state index in [-0.39, 0.29) is 0 Å². The average Bonchev–Trinajstić information content (AvgIpc) is 2.84. The lowest BCUT2D eigenvalue weighted by Crippen LogP contribution is -2.29. The first-order chi connectivity index (χ1) is 10.1. The zero-order valence-electron chi connectivity index (χ0n) is 12.3. The summed E-state index contributed by atoms with van der Waals surface area (Å²) >= 11 is 7.79. The molecule has 112 valence electrons. The second-order valence-corrected chi connectivity index (χ2v) is 6.87. The van der Waals surface area contributed by atoms with Gasteiger partial charge in [0.25, 0.3) is 0 Å². The maximum atomic E-state index is 6.27. The van der Waals surface area contributed by atoms with Crippen molar-refractivity contribution in [2.24, 2.45) is 0 Å². The van der Waals surface area contributed by atoms with Crippen molar-refractivity contribution < 1.29 is 0 Å². The van der Waals surface area contributed by atoms with Gasteiger partial charge in [-0.25, -0.2) is 4.98 Å². The molecule has 0 aromatic carbocycles. The Morgan fingerprint density at radius 3 is 2.81 bits per heavy atom. The van der Waals surface area contributed by atoms with Crippen LogP contribution in [0.15, 0.2) is 12.3 Å². The summed E-state index contributed by atoms with van der Waals surface area (Å²) in [5, 5.41) is 0.630. The molecule has 2 aromatic rings. The molecule has 3 heterocycles. The van der Waals surface area contributed by atoms with Crippen LogP contribution in [0.25, 0.3) is 10.4 Å². The molecule has 0 bridgehead atoms. The van der Waals surface area contributed by atoms with Crippen LogP contribution in [0.3, 0.4) is 0 Å². The molecular weight excluding hydrogens is 304 g/mol. The normalized spacial score (nSPS) is 17.3. The van der Waals surface area contributed by atoms with Crippen molar-refractivity contribution >= 4 is 29.0 Å². The van der Waals surface area contributed by atoms with Crippen molar-refractivity contribution in [1.82, 2.24) is 14.3 Å². The van der Waals surface area contributed by atoms with Gasteiger partial charge in [0.15, 0.2) is 0 Å². The van der Waals surface area contributed by atoms with E-state index in [0.717, 1.165) is 23.5 Å². The van der Waals surface area contributed by atoms with E-state index < -0.39 is 0 Å². The van der Waals surface area contributed by atoms with Gasteiger partial charge in [0, 0.05) is 17.7 Å². The number of anilines is 1. The molecule has 0 spiro atoms. The van der Waals surface area contributed by atoms with Gasteiger partial charge in [0.05, 0.1) is 15.6 Å². The van der Waals surface area contributed by atoms with E-state index in [9.17, 15) is 0 Å². The van der Waals surface area contributed by atoms with Gasteiger partial charge in [-0.1, -0.05) is 11.6 Å². The van der Waals surface area contributed by atoms with Crippen molar-refractivity contribution in [3.63, 3.8) is 0 Å². The lowest BCUT2D eigenvalue weighted by molar-refractivity contribution is 0.253. The Labute approximate surface area is 134 Å². The van der Waals surface area contributed by atoms with Crippen molar-refractivity contribution in [2.75, 3.05) is 25.9 Å². The lowest BCUT2D eigenvalue weighted by Gasteiger charge is -2.28. The predicted molar refractivity (Wildman–Crippen MR) is 89.0 cm³/mol. The Morgan fingerprint density at radius 1 is 1.38 bits per heavy atom. The number of aromatic nitrogens is 2. The first-order valence-corrected chi connectivity index (χ1v) is 8.27. The smallest absolute Gasteiger partial charge is 0.124 e. The van der Waals surface area contributed by atoms with E-state index in [4.69, 9.17) is 21.7 Å². The van der Waals surface area contributed by atoms with E-state index in [1.165, 1.54) is 35.6 Å². The second-order valence-electron chi connectivity index (χ2n) is 5.69. The third-order valence-corrected chi connectivity index (χ3v) is 5.48. The van der Waals surface area contributed by atoms with Crippen LogP contribution >= 0.6 is 23.1 Å². The molecule has 2 aromatic heterocycles. The number of piperidine rings is 1. The molecular formula is C15H19ClN4S. The Balaban J connectivity index is 1.94. The maximum Gasteiger partial charge on any atom is 0.124 e. The number of hydrogen-bond donors (Lipinski definition) is 1. The summed E-state index contributed by atoms with van der Waals surface area (Å²) in [5.41, 5.74) is 9.20. The molecule has 1 fully saturated rings. The molecule has 4 nitrogen and oxygen atoms in total. The molecule has 1 aliphatic heterocycles. The molecule has 0 atom stereocenters. The average molecular weight is 323 g/mol. The summed E-state index contributed by atoms with van der Waals surface area (Å²) in [6.45, 7) is 4.42. The highest BCUT2D eigenvalue weighted by Gasteiger charge is 2.24. The van der Waals surface area contributed by atoms with Gasteiger partial charge in [-0.2, -0.15) is 4.37 Å². The number of likely N-dealkylation sites (tertiary alicyclic amines) is 1. The van der Waals surface area contributed by atoms with Crippen LogP contribution in [0, 0.1) is 6.92 Å². The highest BCUT2D eigenvalue weighted by Crippen LogP contribution is 2.39. The van der Waals surface area contributed by atoms with Crippen LogP contribution in [-0.4, -0.2) is 34.4 Å². The molecule has 0 amide bonds. The molecule has 21 heavy (non-hydrogen) atoms. The molecule has 6 heteroatoms. The van der Waals surface area contributed by atoms with E-state index in [1.54, 1.807) is 6.20 Å². The largest absolute Gasteiger partial charge is 0.384 e. The summed E-state index contributed by atoms with van der Waals surface area (Å²) in [6, 6.07) is 1.83. The standard InChI is InChI=1S/C15H19ClN4S/c1-9-14(10-3-5-20(2)6-4-10)19-21-15(9)11-7-13(17)18-8-12(11)16/h7-8,10H,3-6H2,1-2H3,(H2,17,18). The number of halogens is 1. The molecule has 0 aliphatic carbocycles. The summed E-state index contributed by atoms with van der Waals surface area (Å²) in [4.78, 5) is 7.51. The molecule has 0 unspecified atom stereocenters. The fourth-order valence-corrected chi connectivity index (χ4v) is 4.13. The lowest BCUT2D eigenvalue weighted by atomic mass is 9.91. The minimum atomic E-state index is 0.489. The monoisotopic (exact) mass is 322 g/mol. The number of nitrogens with zero attached hydrogens (tertiary/aromatic N) is 3. The van der Waals surface area contributed by atoms with Gasteiger partial charge in [-0.15, -0.1) is 0 Å². The van der Waals surface area contributed by atoms with E-state index >= 15 is 0 Å². The van der Waals surface area contributed by atoms with Crippen molar-refractivity contribution in [2.45, 2.75) is 25.7 Å². The van der Waals surface area contributed by atoms with Gasteiger partial charge < -0.3 is 10.6 Å². The van der Waals surface area contributed by atoms with Crippen LogP contribution in [0.1, 0.15) is 30.0 Å². The minimum absolute atomic E-state index is 0.489. The fourth-order valence-electron chi connectivity index (χ4n) is 2.89. The van der Waals surface area contributed by atoms with Crippen LogP contribution in [0.2, 0.25) is 5.02 Å². The first kappa shape index (κ1) is 14.8. The minimum Gasteiger partial charge on any atom is -0.384 e. The highest BCUT2D eigenvalue weighted by atomic mass is 35.5. The molecule has 2 N–H and O–H groups in total. The Kier molecular flexibility index (Phi) is 4.15. The zero-order chi connectivity index (χ0) is 15.0. The summed E-state index contributed by atoms with van der Waals surface area (Å²) < 4.78 is 4.71. The highest BCUT2D eigenvalue weighted by molar-refractivity contribution is 7.10. The van der Waals surface area contributed by atoms with Crippen LogP contribution in [0.5, 0.6) is 0 Å². The van der Waals surface area contributed by atoms with Crippen molar-refractivity contribution in [3.05, 3.63) is 28.5 Å². The topological polar surface area (TPSA) is 55.0 Å². The number of hydrogen-bond acceptors (Lipinski definition) is 5. The summed E-state index contributed by atoms with van der Waals surface area (Å²) in [7, 11) is 2.18. The summed E-state index contributed by atoms with van der Waals surface area (Å²) in [5.74, 6) is 1.05. The summed E-state index contributed by atoms with van der Waals surface area (Å²) in [6.07, 6.45) is 3.96. The fraction of sp³-hybridized carbons (Fsp3) is 0.467. The third-order valence-electron chi connectivity index (χ3n) is 4.19. The van der Waals surface area contributed by atoms with Crippen LogP contribution in [0.4, 0.5) is 5.82 Å². The SMILES string of the molecule is Cc1c(C2CCN(C)CC2)nsc1-c1cc(N)ncc1Cl. The van der Waals surface area contributed by atoms with Gasteiger partial charge in [0.1, 0.15) is 5.82 Å². The first-order valence-electron chi connectivity index (χ1n) is 7.12. The Hall–Kier alpha value is -1.17. The van der Waals surface area contributed by atoms with Crippen molar-refractivity contribution in [1.29, 1.82) is 0 Å².